The van der Waals surface area contributed by atoms with Crippen LogP contribution in [0.1, 0.15) is 46.8 Å². The molecule has 0 bridgehead atoms. The predicted octanol–water partition coefficient (Wildman–Crippen LogP) is 5.89. The van der Waals surface area contributed by atoms with E-state index in [9.17, 15) is 14.9 Å². The monoisotopic (exact) mass is 582 g/mol. The number of methoxy groups -OCH3 is 2. The molecule has 10 nitrogen and oxygen atoms in total. The number of anilines is 1. The SMILES string of the molecule is COc1ccccc1/C=C1\CCC[C@@H]2C1=NN(C(=O)c1ccc(N3CCOCC3)c([N+](=O)[O-])c1)[C@@H]2c1ccccc1OC. The van der Waals surface area contributed by atoms with Crippen molar-refractivity contribution in [2.75, 3.05) is 45.4 Å². The number of nitro groups is 1. The number of benzene rings is 3. The van der Waals surface area contributed by atoms with Gasteiger partial charge >= 0.3 is 0 Å². The molecule has 1 saturated heterocycles. The molecule has 0 aromatic heterocycles. The van der Waals surface area contributed by atoms with Crippen LogP contribution in [0.2, 0.25) is 0 Å². The van der Waals surface area contributed by atoms with Gasteiger partial charge < -0.3 is 19.1 Å². The first-order valence-corrected chi connectivity index (χ1v) is 14.5. The largest absolute Gasteiger partial charge is 0.496 e. The molecule has 2 heterocycles. The third-order valence-corrected chi connectivity index (χ3v) is 8.41. The van der Waals surface area contributed by atoms with Gasteiger partial charge in [-0.15, -0.1) is 0 Å². The number of amides is 1. The number of fused-ring (bicyclic) bond motifs is 1. The van der Waals surface area contributed by atoms with E-state index in [2.05, 4.69) is 6.08 Å². The van der Waals surface area contributed by atoms with Crippen molar-refractivity contribution in [3.8, 4) is 11.5 Å². The Labute approximate surface area is 250 Å². The Morgan fingerprint density at radius 2 is 1.74 bits per heavy atom. The molecule has 2 fully saturated rings. The van der Waals surface area contributed by atoms with E-state index < -0.39 is 16.9 Å². The van der Waals surface area contributed by atoms with Crippen LogP contribution in [0.4, 0.5) is 11.4 Å². The fraction of sp³-hybridized carbons (Fsp3) is 0.333. The zero-order valence-corrected chi connectivity index (χ0v) is 24.3. The van der Waals surface area contributed by atoms with Gasteiger partial charge in [-0.25, -0.2) is 5.01 Å². The van der Waals surface area contributed by atoms with E-state index in [1.54, 1.807) is 26.4 Å². The molecule has 43 heavy (non-hydrogen) atoms. The molecular formula is C33H34N4O6. The van der Waals surface area contributed by atoms with Crippen molar-refractivity contribution < 1.29 is 23.9 Å². The van der Waals surface area contributed by atoms with E-state index in [1.165, 1.54) is 11.1 Å². The Balaban J connectivity index is 1.43. The molecule has 6 rings (SSSR count). The summed E-state index contributed by atoms with van der Waals surface area (Å²) in [6.45, 7) is 2.09. The third kappa shape index (κ3) is 5.46. The first-order chi connectivity index (χ1) is 21.0. The number of carbonyl (C=O) groups excluding carboxylic acids is 1. The fourth-order valence-corrected chi connectivity index (χ4v) is 6.37. The van der Waals surface area contributed by atoms with E-state index in [-0.39, 0.29) is 17.2 Å². The summed E-state index contributed by atoms with van der Waals surface area (Å²) in [5.41, 5.74) is 4.26. The van der Waals surface area contributed by atoms with Crippen LogP contribution < -0.4 is 14.4 Å². The first kappa shape index (κ1) is 28.4. The zero-order chi connectivity index (χ0) is 29.9. The molecule has 0 radical (unpaired) electrons. The summed E-state index contributed by atoms with van der Waals surface area (Å²) in [5.74, 6) is 0.956. The van der Waals surface area contributed by atoms with Crippen molar-refractivity contribution in [2.24, 2.45) is 11.0 Å². The number of allylic oxidation sites excluding steroid dienone is 1. The van der Waals surface area contributed by atoms with Crippen LogP contribution in [0.5, 0.6) is 11.5 Å². The van der Waals surface area contributed by atoms with E-state index in [4.69, 9.17) is 19.3 Å². The van der Waals surface area contributed by atoms with Gasteiger partial charge in [0.15, 0.2) is 0 Å². The van der Waals surface area contributed by atoms with E-state index in [1.807, 2.05) is 53.4 Å². The number of morpholine rings is 1. The lowest BCUT2D eigenvalue weighted by atomic mass is 9.77. The summed E-state index contributed by atoms with van der Waals surface area (Å²) in [6, 6.07) is 19.7. The van der Waals surface area contributed by atoms with Crippen molar-refractivity contribution >= 4 is 29.1 Å². The van der Waals surface area contributed by atoms with Gasteiger partial charge in [-0.2, -0.15) is 5.10 Å². The Bertz CT molecular complexity index is 1600. The molecule has 2 aliphatic heterocycles. The van der Waals surface area contributed by atoms with Crippen molar-refractivity contribution in [1.82, 2.24) is 5.01 Å². The van der Waals surface area contributed by atoms with Crippen LogP contribution in [0.25, 0.3) is 6.08 Å². The van der Waals surface area contributed by atoms with Crippen molar-refractivity contribution in [2.45, 2.75) is 25.3 Å². The van der Waals surface area contributed by atoms with Crippen LogP contribution in [0, 0.1) is 16.0 Å². The maximum atomic E-state index is 14.3. The summed E-state index contributed by atoms with van der Waals surface area (Å²) in [5, 5.41) is 18.6. The van der Waals surface area contributed by atoms with E-state index >= 15 is 0 Å². The number of ether oxygens (including phenoxy) is 3. The maximum absolute atomic E-state index is 14.3. The molecule has 3 aliphatic rings. The van der Waals surface area contributed by atoms with E-state index in [0.717, 1.165) is 47.4 Å². The highest BCUT2D eigenvalue weighted by Crippen LogP contribution is 2.47. The summed E-state index contributed by atoms with van der Waals surface area (Å²) >= 11 is 0. The van der Waals surface area contributed by atoms with Gasteiger partial charge in [0.2, 0.25) is 0 Å². The van der Waals surface area contributed by atoms with Crippen LogP contribution >= 0.6 is 0 Å². The Morgan fingerprint density at radius 3 is 2.49 bits per heavy atom. The van der Waals surface area contributed by atoms with Gasteiger partial charge in [-0.05, 0) is 55.2 Å². The fourth-order valence-electron chi connectivity index (χ4n) is 6.37. The highest BCUT2D eigenvalue weighted by molar-refractivity contribution is 6.09. The number of carbonyl (C=O) groups is 1. The molecule has 3 aromatic rings. The van der Waals surface area contributed by atoms with E-state index in [0.29, 0.717) is 37.7 Å². The number of nitro benzene ring substituents is 1. The van der Waals surface area contributed by atoms with Crippen LogP contribution in [-0.4, -0.2) is 62.1 Å². The predicted molar refractivity (Wildman–Crippen MR) is 164 cm³/mol. The maximum Gasteiger partial charge on any atom is 0.293 e. The molecule has 1 aliphatic carbocycles. The smallest absolute Gasteiger partial charge is 0.293 e. The lowest BCUT2D eigenvalue weighted by molar-refractivity contribution is -0.384. The van der Waals surface area contributed by atoms with Gasteiger partial charge in [-0.3, -0.25) is 14.9 Å². The van der Waals surface area contributed by atoms with Gasteiger partial charge in [0.1, 0.15) is 17.2 Å². The van der Waals surface area contributed by atoms with Gasteiger partial charge in [0.05, 0.1) is 44.1 Å². The van der Waals surface area contributed by atoms with Gasteiger partial charge in [-0.1, -0.05) is 36.4 Å². The highest BCUT2D eigenvalue weighted by atomic mass is 16.6. The number of rotatable bonds is 7. The van der Waals surface area contributed by atoms with Crippen LogP contribution in [0.15, 0.2) is 77.4 Å². The quantitative estimate of drug-likeness (QED) is 0.253. The number of para-hydroxylation sites is 2. The van der Waals surface area contributed by atoms with Crippen molar-refractivity contribution in [3.05, 3.63) is 99.1 Å². The summed E-state index contributed by atoms with van der Waals surface area (Å²) in [6.07, 6.45) is 4.68. The standard InChI is InChI=1S/C33H34N4O6/c1-41-29-12-5-3-8-22(29)20-23-9-7-11-26-31(23)34-36(32(26)25-10-4-6-13-30(25)42-2)33(38)24-14-15-27(28(21-24)37(39)40)35-16-18-43-19-17-35/h3-6,8,10,12-15,20-21,26,32H,7,9,11,16-19H2,1-2H3/b23-20+/t26-,32-/m1/s1. The molecule has 3 aromatic carbocycles. The average molecular weight is 583 g/mol. The van der Waals surface area contributed by atoms with Crippen molar-refractivity contribution in [3.63, 3.8) is 0 Å². The molecule has 1 amide bonds. The van der Waals surface area contributed by atoms with Gasteiger partial charge in [0.25, 0.3) is 11.6 Å². The second-order valence-corrected chi connectivity index (χ2v) is 10.8. The lowest BCUT2D eigenvalue weighted by Crippen LogP contribution is -2.36. The number of nitrogens with zero attached hydrogens (tertiary/aromatic N) is 4. The molecule has 222 valence electrons. The van der Waals surface area contributed by atoms with Gasteiger partial charge in [0, 0.05) is 41.8 Å². The molecule has 0 unspecified atom stereocenters. The highest BCUT2D eigenvalue weighted by Gasteiger charge is 2.45. The lowest BCUT2D eigenvalue weighted by Gasteiger charge is -2.31. The number of hydrogen-bond acceptors (Lipinski definition) is 8. The second kappa shape index (κ2) is 12.3. The second-order valence-electron chi connectivity index (χ2n) is 10.8. The zero-order valence-electron chi connectivity index (χ0n) is 24.3. The minimum Gasteiger partial charge on any atom is -0.496 e. The number of hydrogen-bond donors (Lipinski definition) is 0. The minimum atomic E-state index is -0.432. The summed E-state index contributed by atoms with van der Waals surface area (Å²) in [7, 11) is 3.26. The topological polar surface area (TPSA) is 107 Å². The van der Waals surface area contributed by atoms with Crippen molar-refractivity contribution in [1.29, 1.82) is 0 Å². The minimum absolute atomic E-state index is 0.0717. The molecule has 2 atom stereocenters. The van der Waals surface area contributed by atoms with Crippen LogP contribution in [0.3, 0.4) is 0 Å². The third-order valence-electron chi connectivity index (χ3n) is 8.41. The molecular weight excluding hydrogens is 548 g/mol. The summed E-state index contributed by atoms with van der Waals surface area (Å²) < 4.78 is 16.7. The molecule has 0 N–H and O–H groups in total. The number of hydrazone groups is 1. The first-order valence-electron chi connectivity index (χ1n) is 14.5. The molecule has 10 heteroatoms. The van der Waals surface area contributed by atoms with Crippen LogP contribution in [-0.2, 0) is 4.74 Å². The normalized spacial score (nSPS) is 20.9. The Hall–Kier alpha value is -4.70. The Morgan fingerprint density at radius 1 is 1.02 bits per heavy atom. The average Bonchev–Trinajstić information content (AvgIpc) is 3.45. The Kier molecular flexibility index (Phi) is 8.11. The summed E-state index contributed by atoms with van der Waals surface area (Å²) in [4.78, 5) is 27.9. The molecule has 0 spiro atoms. The molecule has 1 saturated carbocycles.